The predicted octanol–water partition coefficient (Wildman–Crippen LogP) is 6.19. The molecule has 5 rings (SSSR count). The Hall–Kier alpha value is -3.94. The molecule has 0 bridgehead atoms. The van der Waals surface area contributed by atoms with Crippen molar-refractivity contribution < 1.29 is 22.7 Å². The first kappa shape index (κ1) is 22.8. The van der Waals surface area contributed by atoms with E-state index in [1.54, 1.807) is 12.1 Å². The van der Waals surface area contributed by atoms with E-state index < -0.39 is 11.7 Å². The third kappa shape index (κ3) is 4.56. The van der Waals surface area contributed by atoms with Gasteiger partial charge >= 0.3 is 6.18 Å². The van der Waals surface area contributed by atoms with Crippen molar-refractivity contribution in [3.63, 3.8) is 0 Å². The van der Waals surface area contributed by atoms with E-state index in [1.165, 1.54) is 25.4 Å². The second-order valence-corrected chi connectivity index (χ2v) is 8.68. The summed E-state index contributed by atoms with van der Waals surface area (Å²) < 4.78 is 46.5. The number of hydrogen-bond donors (Lipinski definition) is 1. The Bertz CT molecular complexity index is 1450. The van der Waals surface area contributed by atoms with Crippen LogP contribution >= 0.6 is 0 Å². The number of hydrogen-bond acceptors (Lipinski definition) is 4. The van der Waals surface area contributed by atoms with Crippen LogP contribution in [0.4, 0.5) is 13.2 Å². The second kappa shape index (κ2) is 8.69. The minimum atomic E-state index is -4.59. The molecule has 5 nitrogen and oxygen atoms in total. The zero-order chi connectivity index (χ0) is 24.7. The molecule has 0 radical (unpaired) electrons. The summed E-state index contributed by atoms with van der Waals surface area (Å²) >= 11 is 0. The molecule has 1 heterocycles. The van der Waals surface area contributed by atoms with E-state index in [0.717, 1.165) is 35.6 Å². The number of ether oxygens (including phenoxy) is 1. The number of methoxy groups -OCH3 is 1. The Kier molecular flexibility index (Phi) is 5.67. The van der Waals surface area contributed by atoms with Crippen molar-refractivity contribution in [3.8, 4) is 28.1 Å². The molecule has 1 aliphatic carbocycles. The van der Waals surface area contributed by atoms with Gasteiger partial charge in [-0.05, 0) is 72.9 Å². The summed E-state index contributed by atoms with van der Waals surface area (Å²) in [7, 11) is 1.32. The molecule has 178 valence electrons. The normalized spacial score (nSPS) is 13.6. The van der Waals surface area contributed by atoms with E-state index in [4.69, 9.17) is 4.74 Å². The lowest BCUT2D eigenvalue weighted by Gasteiger charge is -2.15. The van der Waals surface area contributed by atoms with Gasteiger partial charge in [-0.15, -0.1) is 5.10 Å². The molecular formula is C27H22F3N3O2. The summed E-state index contributed by atoms with van der Waals surface area (Å²) in [4.78, 5) is 12.5. The van der Waals surface area contributed by atoms with Crippen LogP contribution in [0.25, 0.3) is 33.2 Å². The van der Waals surface area contributed by atoms with E-state index in [1.807, 2.05) is 31.2 Å². The molecule has 1 fully saturated rings. The highest BCUT2D eigenvalue weighted by Gasteiger charge is 2.35. The zero-order valence-electron chi connectivity index (χ0n) is 19.1. The second-order valence-electron chi connectivity index (χ2n) is 8.68. The molecular weight excluding hydrogens is 455 g/mol. The SMILES string of the molecule is COc1ccc(-c2nncc3cc(-c4cc(C(=O)NC5CC5)ccc4C)ccc23)c(C(F)(F)F)c1. The number of rotatable bonds is 5. The third-order valence-corrected chi connectivity index (χ3v) is 6.17. The standard InChI is InChI=1S/C27H22F3N3O2/c1-15-3-4-17(26(34)32-19-6-7-19)12-23(15)16-5-9-21-18(11-16)14-31-33-25(21)22-10-8-20(35-2)13-24(22)27(28,29)30/h3-5,8-14,19H,6-7H2,1-2H3,(H,32,34). The van der Waals surface area contributed by atoms with Crippen LogP contribution in [-0.2, 0) is 6.18 Å². The predicted molar refractivity (Wildman–Crippen MR) is 127 cm³/mol. The maximum absolute atomic E-state index is 13.8. The number of carbonyl (C=O) groups is 1. The van der Waals surface area contributed by atoms with Crippen molar-refractivity contribution in [2.45, 2.75) is 32.0 Å². The van der Waals surface area contributed by atoms with Gasteiger partial charge in [0.1, 0.15) is 11.4 Å². The summed E-state index contributed by atoms with van der Waals surface area (Å²) in [5, 5.41) is 12.2. The van der Waals surface area contributed by atoms with Crippen molar-refractivity contribution >= 4 is 16.7 Å². The van der Waals surface area contributed by atoms with Gasteiger partial charge in [-0.3, -0.25) is 4.79 Å². The summed E-state index contributed by atoms with van der Waals surface area (Å²) in [6, 6.07) is 15.0. The maximum atomic E-state index is 13.8. The molecule has 0 unspecified atom stereocenters. The Labute approximate surface area is 200 Å². The average Bonchev–Trinajstić information content (AvgIpc) is 3.66. The Balaban J connectivity index is 1.59. The lowest BCUT2D eigenvalue weighted by atomic mass is 9.94. The van der Waals surface area contributed by atoms with Crippen molar-refractivity contribution in [2.75, 3.05) is 7.11 Å². The topological polar surface area (TPSA) is 64.1 Å². The van der Waals surface area contributed by atoms with E-state index in [2.05, 4.69) is 15.5 Å². The van der Waals surface area contributed by atoms with Crippen LogP contribution in [0.5, 0.6) is 5.75 Å². The van der Waals surface area contributed by atoms with Gasteiger partial charge in [0, 0.05) is 27.9 Å². The van der Waals surface area contributed by atoms with Gasteiger partial charge in [-0.25, -0.2) is 0 Å². The number of aromatic nitrogens is 2. The molecule has 0 spiro atoms. The molecule has 3 aromatic carbocycles. The highest BCUT2D eigenvalue weighted by Crippen LogP contribution is 2.40. The summed E-state index contributed by atoms with van der Waals surface area (Å²) in [6.45, 7) is 1.95. The van der Waals surface area contributed by atoms with Gasteiger partial charge in [0.2, 0.25) is 0 Å². The van der Waals surface area contributed by atoms with Gasteiger partial charge in [0.15, 0.2) is 0 Å². The fourth-order valence-electron chi connectivity index (χ4n) is 4.12. The van der Waals surface area contributed by atoms with Gasteiger partial charge in [-0.2, -0.15) is 18.3 Å². The number of carbonyl (C=O) groups excluding carboxylic acids is 1. The van der Waals surface area contributed by atoms with Gasteiger partial charge in [0.05, 0.1) is 18.9 Å². The lowest BCUT2D eigenvalue weighted by Crippen LogP contribution is -2.25. The van der Waals surface area contributed by atoms with Crippen LogP contribution in [-0.4, -0.2) is 29.3 Å². The molecule has 35 heavy (non-hydrogen) atoms. The van der Waals surface area contributed by atoms with E-state index in [9.17, 15) is 18.0 Å². The molecule has 1 amide bonds. The number of halogens is 3. The summed E-state index contributed by atoms with van der Waals surface area (Å²) in [5.74, 6) is -0.000450. The molecule has 1 aromatic heterocycles. The van der Waals surface area contributed by atoms with Crippen LogP contribution < -0.4 is 10.1 Å². The van der Waals surface area contributed by atoms with Gasteiger partial charge in [0.25, 0.3) is 5.91 Å². The van der Waals surface area contributed by atoms with Crippen LogP contribution in [0.1, 0.15) is 34.3 Å². The minimum Gasteiger partial charge on any atom is -0.497 e. The fraction of sp³-hybridized carbons (Fsp3) is 0.222. The number of benzene rings is 3. The molecule has 1 aliphatic rings. The smallest absolute Gasteiger partial charge is 0.417 e. The monoisotopic (exact) mass is 477 g/mol. The van der Waals surface area contributed by atoms with Crippen molar-refractivity contribution in [1.29, 1.82) is 0 Å². The quantitative estimate of drug-likeness (QED) is 0.372. The zero-order valence-corrected chi connectivity index (χ0v) is 19.1. The Morgan fingerprint density at radius 2 is 1.83 bits per heavy atom. The lowest BCUT2D eigenvalue weighted by molar-refractivity contribution is -0.137. The van der Waals surface area contributed by atoms with Crippen LogP contribution in [0.2, 0.25) is 0 Å². The number of amides is 1. The minimum absolute atomic E-state index is 0.0703. The number of nitrogens with one attached hydrogen (secondary N) is 1. The number of aryl methyl sites for hydroxylation is 1. The van der Waals surface area contributed by atoms with E-state index in [0.29, 0.717) is 16.3 Å². The Morgan fingerprint density at radius 1 is 1.03 bits per heavy atom. The molecule has 0 aliphatic heterocycles. The average molecular weight is 477 g/mol. The number of nitrogens with zero attached hydrogens (tertiary/aromatic N) is 2. The first-order valence-electron chi connectivity index (χ1n) is 11.2. The molecule has 1 N–H and O–H groups in total. The van der Waals surface area contributed by atoms with E-state index in [-0.39, 0.29) is 29.0 Å². The number of alkyl halides is 3. The third-order valence-electron chi connectivity index (χ3n) is 6.17. The molecule has 0 atom stereocenters. The van der Waals surface area contributed by atoms with Gasteiger partial charge in [-0.1, -0.05) is 18.2 Å². The molecule has 1 saturated carbocycles. The largest absolute Gasteiger partial charge is 0.497 e. The first-order valence-corrected chi connectivity index (χ1v) is 11.2. The molecule has 4 aromatic rings. The van der Waals surface area contributed by atoms with Gasteiger partial charge < -0.3 is 10.1 Å². The molecule has 0 saturated heterocycles. The molecule has 8 heteroatoms. The van der Waals surface area contributed by atoms with Crippen LogP contribution in [0.15, 0.2) is 60.8 Å². The van der Waals surface area contributed by atoms with Crippen LogP contribution in [0.3, 0.4) is 0 Å². The highest BCUT2D eigenvalue weighted by atomic mass is 19.4. The van der Waals surface area contributed by atoms with Crippen molar-refractivity contribution in [1.82, 2.24) is 15.5 Å². The summed E-state index contributed by atoms with van der Waals surface area (Å²) in [5.41, 5.74) is 2.48. The fourth-order valence-corrected chi connectivity index (χ4v) is 4.12. The van der Waals surface area contributed by atoms with Crippen molar-refractivity contribution in [3.05, 3.63) is 77.5 Å². The van der Waals surface area contributed by atoms with Crippen LogP contribution in [0, 0.1) is 6.92 Å². The highest BCUT2D eigenvalue weighted by molar-refractivity contribution is 5.99. The van der Waals surface area contributed by atoms with Crippen molar-refractivity contribution in [2.24, 2.45) is 0 Å². The Morgan fingerprint density at radius 3 is 2.54 bits per heavy atom. The first-order chi connectivity index (χ1) is 16.7. The number of fused-ring (bicyclic) bond motifs is 1. The van der Waals surface area contributed by atoms with E-state index >= 15 is 0 Å². The maximum Gasteiger partial charge on any atom is 0.417 e. The summed E-state index contributed by atoms with van der Waals surface area (Å²) in [6.07, 6.45) is -1.06.